The average molecular weight is 366 g/mol. The summed E-state index contributed by atoms with van der Waals surface area (Å²) >= 11 is -0.848. The lowest BCUT2D eigenvalue weighted by Crippen LogP contribution is -2.40. The maximum absolute atomic E-state index is 12.5. The fourth-order valence-electron chi connectivity index (χ4n) is 2.56. The average Bonchev–Trinajstić information content (AvgIpc) is 2.91. The van der Waals surface area contributed by atoms with Gasteiger partial charge < -0.3 is 14.2 Å². The van der Waals surface area contributed by atoms with Gasteiger partial charge >= 0.3 is 6.09 Å². The van der Waals surface area contributed by atoms with Crippen molar-refractivity contribution in [3.8, 4) is 0 Å². The number of nitrogens with two attached hydrogens (primary N) is 1. The van der Waals surface area contributed by atoms with Gasteiger partial charge in [0.05, 0.1) is 29.8 Å². The highest BCUT2D eigenvalue weighted by molar-refractivity contribution is 7.95. The smallest absolute Gasteiger partial charge is 0.409 e. The fraction of sp³-hybridized carbons (Fsp3) is 0.583. The van der Waals surface area contributed by atoms with Crippen molar-refractivity contribution in [2.75, 3.05) is 13.7 Å². The molecule has 1 aliphatic heterocycles. The van der Waals surface area contributed by atoms with E-state index in [4.69, 9.17) is 9.88 Å². The number of carbonyl (C=O) groups excluding carboxylic acids is 1. The number of hydrogen-bond acceptors (Lipinski definition) is 7. The van der Waals surface area contributed by atoms with Gasteiger partial charge in [0.2, 0.25) is 4.21 Å². The van der Waals surface area contributed by atoms with Gasteiger partial charge in [-0.25, -0.2) is 13.2 Å². The Morgan fingerprint density at radius 3 is 2.77 bits per heavy atom. The molecule has 3 atom stereocenters. The van der Waals surface area contributed by atoms with Crippen LogP contribution in [-0.2, 0) is 25.9 Å². The molecule has 0 fully saturated rings. The highest BCUT2D eigenvalue weighted by Gasteiger charge is 2.43. The van der Waals surface area contributed by atoms with Crippen molar-refractivity contribution in [1.29, 1.82) is 0 Å². The Balaban J connectivity index is 2.58. The third-order valence-electron chi connectivity index (χ3n) is 3.73. The molecule has 0 bridgehead atoms. The van der Waals surface area contributed by atoms with E-state index in [-0.39, 0.29) is 14.8 Å². The predicted octanol–water partition coefficient (Wildman–Crippen LogP) is 1.42. The van der Waals surface area contributed by atoms with Crippen LogP contribution in [0.15, 0.2) is 14.5 Å². The number of hydrogen-bond donors (Lipinski definition) is 1. The Labute approximate surface area is 136 Å². The first-order chi connectivity index (χ1) is 10.2. The highest BCUT2D eigenvalue weighted by Crippen LogP contribution is 2.44. The quantitative estimate of drug-likeness (QED) is 0.810. The van der Waals surface area contributed by atoms with Gasteiger partial charge in [-0.2, -0.15) is 0 Å². The van der Waals surface area contributed by atoms with E-state index in [1.165, 1.54) is 18.1 Å². The molecule has 0 saturated heterocycles. The van der Waals surface area contributed by atoms with Crippen LogP contribution in [-0.4, -0.2) is 42.9 Å². The molecule has 0 radical (unpaired) electrons. The van der Waals surface area contributed by atoms with Crippen LogP contribution in [0.2, 0.25) is 0 Å². The van der Waals surface area contributed by atoms with Crippen molar-refractivity contribution < 1.29 is 22.5 Å². The summed E-state index contributed by atoms with van der Waals surface area (Å²) in [7, 11) is -2.21. The molecule has 10 heteroatoms. The molecule has 1 aliphatic rings. The summed E-state index contributed by atoms with van der Waals surface area (Å²) in [6, 6.07) is 1.09. The Kier molecular flexibility index (Phi) is 5.07. The number of ether oxygens (including phenoxy) is 1. The number of rotatable bonds is 3. The molecule has 0 aliphatic carbocycles. The SMILES string of the molecule is CCN(C(=O)OC)[C@H]1C[C@H](C)S(=O)(=O)c2sc([S+](N)[O-])cc21. The monoisotopic (exact) mass is 366 g/mol. The van der Waals surface area contributed by atoms with Crippen LogP contribution in [0.4, 0.5) is 4.79 Å². The van der Waals surface area contributed by atoms with E-state index in [2.05, 4.69) is 0 Å². The van der Waals surface area contributed by atoms with Crippen LogP contribution in [0, 0.1) is 0 Å². The van der Waals surface area contributed by atoms with Gasteiger partial charge in [0.15, 0.2) is 9.84 Å². The first kappa shape index (κ1) is 17.5. The molecule has 124 valence electrons. The van der Waals surface area contributed by atoms with E-state index in [1.54, 1.807) is 13.8 Å². The van der Waals surface area contributed by atoms with Gasteiger partial charge in [0, 0.05) is 18.2 Å². The van der Waals surface area contributed by atoms with Gasteiger partial charge in [-0.3, -0.25) is 0 Å². The van der Waals surface area contributed by atoms with Gasteiger partial charge in [-0.1, -0.05) is 11.3 Å². The Morgan fingerprint density at radius 1 is 1.64 bits per heavy atom. The number of thiophene rings is 1. The number of fused-ring (bicyclic) bond motifs is 1. The minimum absolute atomic E-state index is 0.146. The Hall–Kier alpha value is -0.810. The molecule has 0 spiro atoms. The normalized spacial score (nSPS) is 24.4. The lowest BCUT2D eigenvalue weighted by molar-refractivity contribution is 0.104. The Morgan fingerprint density at radius 2 is 2.27 bits per heavy atom. The summed E-state index contributed by atoms with van der Waals surface area (Å²) in [6.07, 6.45) is -0.252. The van der Waals surface area contributed by atoms with Gasteiger partial charge in [-0.15, -0.1) is 5.14 Å². The second-order valence-electron chi connectivity index (χ2n) is 4.97. The van der Waals surface area contributed by atoms with E-state index < -0.39 is 38.6 Å². The van der Waals surface area contributed by atoms with Crippen molar-refractivity contribution in [3.63, 3.8) is 0 Å². The lowest BCUT2D eigenvalue weighted by Gasteiger charge is -2.34. The second-order valence-corrected chi connectivity index (χ2v) is 9.88. The van der Waals surface area contributed by atoms with Gasteiger partial charge in [0.1, 0.15) is 4.21 Å². The second kappa shape index (κ2) is 6.36. The maximum atomic E-state index is 12.5. The van der Waals surface area contributed by atoms with Crippen molar-refractivity contribution in [2.24, 2.45) is 5.14 Å². The van der Waals surface area contributed by atoms with Crippen LogP contribution >= 0.6 is 11.3 Å². The Bertz CT molecular complexity index is 670. The summed E-state index contributed by atoms with van der Waals surface area (Å²) in [5.41, 5.74) is 0.476. The number of nitrogens with zero attached hydrogens (tertiary/aromatic N) is 1. The van der Waals surface area contributed by atoms with Crippen molar-refractivity contribution in [3.05, 3.63) is 11.6 Å². The molecule has 1 unspecified atom stereocenters. The largest absolute Gasteiger partial charge is 0.592 e. The van der Waals surface area contributed by atoms with Crippen molar-refractivity contribution >= 4 is 38.6 Å². The van der Waals surface area contributed by atoms with Gasteiger partial charge in [-0.05, 0) is 20.3 Å². The summed E-state index contributed by atoms with van der Waals surface area (Å²) in [5, 5.41) is 4.73. The number of sulfone groups is 1. The molecule has 0 saturated carbocycles. The molecule has 1 amide bonds. The van der Waals surface area contributed by atoms with E-state index in [1.807, 2.05) is 0 Å². The molecular formula is C12H18N2O5S3. The third kappa shape index (κ3) is 2.85. The zero-order chi connectivity index (χ0) is 16.7. The zero-order valence-electron chi connectivity index (χ0n) is 12.4. The van der Waals surface area contributed by atoms with E-state index in [0.717, 1.165) is 11.3 Å². The molecule has 2 heterocycles. The standard InChI is InChI=1S/C12H18N2O5S3/c1-4-14(12(15)19-3)9-5-7(2)22(17,18)11-8(9)6-10(20-11)21(13)16/h6-7,9H,4-5,13H2,1-3H3/t7-,9-,21?/m0/s1. The number of methoxy groups -OCH3 is 1. The summed E-state index contributed by atoms with van der Waals surface area (Å²) in [4.78, 5) is 13.4. The lowest BCUT2D eigenvalue weighted by atomic mass is 10.0. The van der Waals surface area contributed by atoms with E-state index in [9.17, 15) is 17.8 Å². The predicted molar refractivity (Wildman–Crippen MR) is 83.7 cm³/mol. The zero-order valence-corrected chi connectivity index (χ0v) is 14.9. The summed E-state index contributed by atoms with van der Waals surface area (Å²) in [6.45, 7) is 3.77. The molecule has 7 nitrogen and oxygen atoms in total. The molecule has 2 N–H and O–H groups in total. The first-order valence-corrected chi connectivity index (χ1v) is 10.2. The minimum atomic E-state index is -3.49. The maximum Gasteiger partial charge on any atom is 0.409 e. The van der Waals surface area contributed by atoms with Crippen molar-refractivity contribution in [2.45, 2.75) is 40.0 Å². The topological polar surface area (TPSA) is 113 Å². The van der Waals surface area contributed by atoms with Crippen LogP contribution in [0.25, 0.3) is 0 Å². The van der Waals surface area contributed by atoms with Crippen LogP contribution in [0.5, 0.6) is 0 Å². The molecular weight excluding hydrogens is 348 g/mol. The minimum Gasteiger partial charge on any atom is -0.592 e. The number of amides is 1. The van der Waals surface area contributed by atoms with E-state index >= 15 is 0 Å². The molecule has 0 aromatic carbocycles. The first-order valence-electron chi connectivity index (χ1n) is 6.62. The number of carbonyl (C=O) groups is 1. The van der Waals surface area contributed by atoms with Gasteiger partial charge in [0.25, 0.3) is 0 Å². The highest BCUT2D eigenvalue weighted by atomic mass is 32.3. The third-order valence-corrected chi connectivity index (χ3v) is 8.68. The molecule has 22 heavy (non-hydrogen) atoms. The van der Waals surface area contributed by atoms with E-state index in [0.29, 0.717) is 12.1 Å². The van der Waals surface area contributed by atoms with Crippen LogP contribution in [0.3, 0.4) is 0 Å². The summed E-state index contributed by atoms with van der Waals surface area (Å²) < 4.78 is 41.6. The molecule has 1 aromatic heterocycles. The fourth-order valence-corrected chi connectivity index (χ4v) is 6.77. The van der Waals surface area contributed by atoms with Crippen LogP contribution in [0.1, 0.15) is 31.9 Å². The molecule has 2 rings (SSSR count). The summed E-state index contributed by atoms with van der Waals surface area (Å²) in [5.74, 6) is 0. The van der Waals surface area contributed by atoms with Crippen LogP contribution < -0.4 is 5.14 Å². The molecule has 1 aromatic rings. The van der Waals surface area contributed by atoms with Crippen molar-refractivity contribution in [1.82, 2.24) is 4.90 Å².